The van der Waals surface area contributed by atoms with Crippen molar-refractivity contribution >= 4 is 33.3 Å². The summed E-state index contributed by atoms with van der Waals surface area (Å²) >= 11 is 1.59. The molecular weight excluding hydrogens is 372 g/mol. The van der Waals surface area contributed by atoms with Crippen LogP contribution in [0.1, 0.15) is 10.4 Å². The second-order valence-corrected chi connectivity index (χ2v) is 8.96. The van der Waals surface area contributed by atoms with Crippen LogP contribution in [0.15, 0.2) is 46.7 Å². The Bertz CT molecular complexity index is 888. The van der Waals surface area contributed by atoms with E-state index in [4.69, 9.17) is 4.74 Å². The van der Waals surface area contributed by atoms with Crippen molar-refractivity contribution in [2.24, 2.45) is 0 Å². The van der Waals surface area contributed by atoms with Gasteiger partial charge in [-0.15, -0.1) is 11.3 Å². The van der Waals surface area contributed by atoms with Crippen LogP contribution in [0.4, 0.5) is 0 Å². The molecule has 1 aromatic carbocycles. The second-order valence-electron chi connectivity index (χ2n) is 5.80. The molecule has 0 aliphatic rings. The van der Waals surface area contributed by atoms with E-state index in [1.807, 2.05) is 17.5 Å². The first-order valence-corrected chi connectivity index (χ1v) is 10.1. The lowest BCUT2D eigenvalue weighted by atomic mass is 10.2. The largest absolute Gasteiger partial charge is 0.495 e. The summed E-state index contributed by atoms with van der Waals surface area (Å²) in [6.07, 6.45) is 3.03. The lowest BCUT2D eigenvalue weighted by Crippen LogP contribution is -2.23. The minimum atomic E-state index is -3.65. The molecule has 6 nitrogen and oxygen atoms in total. The number of carbonyl (C=O) groups is 1. The molecular formula is C18H22N2O4S2. The predicted molar refractivity (Wildman–Crippen MR) is 104 cm³/mol. The highest BCUT2D eigenvalue weighted by molar-refractivity contribution is 7.89. The zero-order chi connectivity index (χ0) is 19.3. The predicted octanol–water partition coefficient (Wildman–Crippen LogP) is 2.68. The Morgan fingerprint density at radius 2 is 1.96 bits per heavy atom. The molecule has 1 amide bonds. The van der Waals surface area contributed by atoms with Gasteiger partial charge in [0.2, 0.25) is 15.9 Å². The number of benzene rings is 1. The molecule has 0 unspecified atom stereocenters. The van der Waals surface area contributed by atoms with E-state index < -0.39 is 10.0 Å². The van der Waals surface area contributed by atoms with Gasteiger partial charge in [0.05, 0.1) is 13.7 Å². The van der Waals surface area contributed by atoms with Gasteiger partial charge in [-0.05, 0) is 35.2 Å². The summed E-state index contributed by atoms with van der Waals surface area (Å²) in [4.78, 5) is 15.0. The van der Waals surface area contributed by atoms with Gasteiger partial charge >= 0.3 is 0 Å². The Hall–Kier alpha value is -2.16. The summed E-state index contributed by atoms with van der Waals surface area (Å²) in [7, 11) is 2.41. The van der Waals surface area contributed by atoms with Crippen molar-refractivity contribution in [2.75, 3.05) is 28.3 Å². The molecule has 0 aliphatic heterocycles. The molecule has 0 atom stereocenters. The van der Waals surface area contributed by atoms with E-state index in [1.54, 1.807) is 41.5 Å². The molecule has 0 aliphatic carbocycles. The van der Waals surface area contributed by atoms with Crippen molar-refractivity contribution < 1.29 is 17.9 Å². The number of thiophene rings is 1. The molecule has 0 N–H and O–H groups in total. The topological polar surface area (TPSA) is 66.9 Å². The third kappa shape index (κ3) is 4.72. The van der Waals surface area contributed by atoms with E-state index in [0.717, 1.165) is 9.18 Å². The van der Waals surface area contributed by atoms with Crippen LogP contribution in [0.5, 0.6) is 5.75 Å². The Labute approximate surface area is 158 Å². The first kappa shape index (κ1) is 20.2. The number of hydrogen-bond acceptors (Lipinski definition) is 5. The van der Waals surface area contributed by atoms with Crippen molar-refractivity contribution in [1.82, 2.24) is 9.21 Å². The van der Waals surface area contributed by atoms with Crippen LogP contribution in [0.2, 0.25) is 0 Å². The molecule has 2 rings (SSSR count). The van der Waals surface area contributed by atoms with E-state index in [9.17, 15) is 13.2 Å². The highest BCUT2D eigenvalue weighted by Crippen LogP contribution is 2.27. The van der Waals surface area contributed by atoms with Crippen molar-refractivity contribution in [2.45, 2.75) is 11.4 Å². The fourth-order valence-electron chi connectivity index (χ4n) is 2.20. The molecule has 8 heteroatoms. The number of rotatable bonds is 7. The molecule has 1 heterocycles. The summed E-state index contributed by atoms with van der Waals surface area (Å²) in [5, 5.41) is 1.97. The normalized spacial score (nSPS) is 11.9. The number of hydrogen-bond donors (Lipinski definition) is 0. The number of methoxy groups -OCH3 is 1. The van der Waals surface area contributed by atoms with Crippen LogP contribution >= 0.6 is 11.3 Å². The van der Waals surface area contributed by atoms with Crippen molar-refractivity contribution in [3.63, 3.8) is 0 Å². The lowest BCUT2D eigenvalue weighted by Gasteiger charge is -2.15. The van der Waals surface area contributed by atoms with Gasteiger partial charge in [0.25, 0.3) is 0 Å². The lowest BCUT2D eigenvalue weighted by molar-refractivity contribution is -0.125. The van der Waals surface area contributed by atoms with Crippen LogP contribution in [-0.4, -0.2) is 51.8 Å². The third-order valence-corrected chi connectivity index (χ3v) is 6.41. The molecule has 0 spiro atoms. The van der Waals surface area contributed by atoms with E-state index in [2.05, 4.69) is 0 Å². The van der Waals surface area contributed by atoms with Gasteiger partial charge in [-0.25, -0.2) is 12.7 Å². The summed E-state index contributed by atoms with van der Waals surface area (Å²) in [5.41, 5.74) is 0.601. The fraction of sp³-hybridized carbons (Fsp3) is 0.278. The minimum Gasteiger partial charge on any atom is -0.495 e. The van der Waals surface area contributed by atoms with Gasteiger partial charge in [0, 0.05) is 32.1 Å². The monoisotopic (exact) mass is 394 g/mol. The summed E-state index contributed by atoms with van der Waals surface area (Å²) in [6, 6.07) is 8.70. The standard InChI is InChI=1S/C18H22N2O4S2/c1-19(2)26(22,23)17-12-14(7-9-16(17)24-4)8-10-18(21)20(3)13-15-6-5-11-25-15/h5-12H,13H2,1-4H3. The number of sulfonamides is 1. The third-order valence-electron chi connectivity index (χ3n) is 3.71. The van der Waals surface area contributed by atoms with E-state index in [1.165, 1.54) is 33.3 Å². The molecule has 26 heavy (non-hydrogen) atoms. The highest BCUT2D eigenvalue weighted by atomic mass is 32.2. The summed E-state index contributed by atoms with van der Waals surface area (Å²) in [5.74, 6) is 0.100. The van der Waals surface area contributed by atoms with Crippen LogP contribution in [0.25, 0.3) is 6.08 Å². The van der Waals surface area contributed by atoms with Gasteiger partial charge in [-0.3, -0.25) is 4.79 Å². The molecule has 140 valence electrons. The Balaban J connectivity index is 2.21. The SMILES string of the molecule is COc1ccc(C=CC(=O)N(C)Cc2cccs2)cc1S(=O)(=O)N(C)C. The van der Waals surface area contributed by atoms with Gasteiger partial charge in [0.15, 0.2) is 0 Å². The summed E-state index contributed by atoms with van der Waals surface area (Å²) in [6.45, 7) is 0.531. The van der Waals surface area contributed by atoms with Gasteiger partial charge in [-0.2, -0.15) is 0 Å². The molecule has 0 saturated heterocycles. The van der Waals surface area contributed by atoms with Gasteiger partial charge in [0.1, 0.15) is 10.6 Å². The van der Waals surface area contributed by atoms with E-state index in [0.29, 0.717) is 12.1 Å². The first-order chi connectivity index (χ1) is 12.3. The molecule has 2 aromatic rings. The minimum absolute atomic E-state index is 0.0616. The van der Waals surface area contributed by atoms with E-state index in [-0.39, 0.29) is 16.6 Å². The average molecular weight is 395 g/mol. The van der Waals surface area contributed by atoms with Crippen molar-refractivity contribution in [1.29, 1.82) is 0 Å². The van der Waals surface area contributed by atoms with Crippen LogP contribution in [-0.2, 0) is 21.4 Å². The molecule has 0 saturated carbocycles. The maximum absolute atomic E-state index is 12.4. The maximum atomic E-state index is 12.4. The Morgan fingerprint density at radius 1 is 1.23 bits per heavy atom. The molecule has 0 bridgehead atoms. The number of likely N-dealkylation sites (N-methyl/N-ethyl adjacent to an activating group) is 1. The molecule has 0 fully saturated rings. The Morgan fingerprint density at radius 3 is 2.54 bits per heavy atom. The molecule has 0 radical (unpaired) electrons. The van der Waals surface area contributed by atoms with Crippen molar-refractivity contribution in [3.05, 3.63) is 52.2 Å². The quantitative estimate of drug-likeness (QED) is 0.677. The Kier molecular flexibility index (Phi) is 6.57. The smallest absolute Gasteiger partial charge is 0.246 e. The zero-order valence-corrected chi connectivity index (χ0v) is 16.8. The second kappa shape index (κ2) is 8.48. The molecule has 1 aromatic heterocycles. The van der Waals surface area contributed by atoms with Crippen LogP contribution in [0.3, 0.4) is 0 Å². The zero-order valence-electron chi connectivity index (χ0n) is 15.2. The van der Waals surface area contributed by atoms with Gasteiger partial charge < -0.3 is 9.64 Å². The van der Waals surface area contributed by atoms with Crippen LogP contribution < -0.4 is 4.74 Å². The number of carbonyl (C=O) groups excluding carboxylic acids is 1. The summed E-state index contributed by atoms with van der Waals surface area (Å²) < 4.78 is 31.2. The maximum Gasteiger partial charge on any atom is 0.246 e. The van der Waals surface area contributed by atoms with Gasteiger partial charge in [-0.1, -0.05) is 12.1 Å². The number of amides is 1. The first-order valence-electron chi connectivity index (χ1n) is 7.82. The van der Waals surface area contributed by atoms with Crippen molar-refractivity contribution in [3.8, 4) is 5.75 Å². The fourth-order valence-corrected chi connectivity index (χ4v) is 4.05. The average Bonchev–Trinajstić information content (AvgIpc) is 3.12. The number of ether oxygens (including phenoxy) is 1. The van der Waals surface area contributed by atoms with Crippen LogP contribution in [0, 0.1) is 0 Å². The highest BCUT2D eigenvalue weighted by Gasteiger charge is 2.22. The number of nitrogens with zero attached hydrogens (tertiary/aromatic N) is 2. The van der Waals surface area contributed by atoms with E-state index >= 15 is 0 Å².